The molecule has 16 heavy (non-hydrogen) atoms. The number of nitrogens with zero attached hydrogens (tertiary/aromatic N) is 2. The predicted octanol–water partition coefficient (Wildman–Crippen LogP) is 2.46. The van der Waals surface area contributed by atoms with Gasteiger partial charge in [0.1, 0.15) is 0 Å². The molecule has 0 aliphatic heterocycles. The zero-order valence-corrected chi connectivity index (χ0v) is 10.7. The predicted molar refractivity (Wildman–Crippen MR) is 67.5 cm³/mol. The molecule has 0 fully saturated rings. The lowest BCUT2D eigenvalue weighted by Gasteiger charge is -2.06. The highest BCUT2D eigenvalue weighted by Gasteiger charge is 2.03. The molecule has 0 spiro atoms. The van der Waals surface area contributed by atoms with Gasteiger partial charge in [-0.1, -0.05) is 0 Å². The molecule has 0 radical (unpaired) electrons. The highest BCUT2D eigenvalue weighted by molar-refractivity contribution is 9.10. The monoisotopic (exact) mass is 283 g/mol. The number of halogens is 1. The van der Waals surface area contributed by atoms with Gasteiger partial charge in [-0.15, -0.1) is 12.3 Å². The van der Waals surface area contributed by atoms with E-state index in [2.05, 4.69) is 37.1 Å². The van der Waals surface area contributed by atoms with E-state index in [0.717, 1.165) is 30.3 Å². The van der Waals surface area contributed by atoms with Crippen molar-refractivity contribution in [2.75, 3.05) is 19.0 Å². The average molecular weight is 284 g/mol. The Bertz CT molecular complexity index is 376. The Labute approximate surface area is 104 Å². The third kappa shape index (κ3) is 4.07. The number of ether oxygens (including phenoxy) is 1. The van der Waals surface area contributed by atoms with Gasteiger partial charge in [0.2, 0.25) is 11.8 Å². The Hall–Kier alpha value is -1.28. The molecule has 86 valence electrons. The van der Waals surface area contributed by atoms with Crippen molar-refractivity contribution in [1.82, 2.24) is 9.97 Å². The van der Waals surface area contributed by atoms with Gasteiger partial charge in [0.25, 0.3) is 0 Å². The summed E-state index contributed by atoms with van der Waals surface area (Å²) < 4.78 is 5.81. The van der Waals surface area contributed by atoms with Gasteiger partial charge in [0.15, 0.2) is 0 Å². The lowest BCUT2D eigenvalue weighted by molar-refractivity contribution is 0.394. The molecule has 1 heterocycles. The molecule has 1 aromatic rings. The topological polar surface area (TPSA) is 47.0 Å². The minimum Gasteiger partial charge on any atom is -0.480 e. The molecule has 0 aromatic carbocycles. The van der Waals surface area contributed by atoms with Crippen LogP contribution in [0.2, 0.25) is 0 Å². The number of hydrogen-bond acceptors (Lipinski definition) is 4. The summed E-state index contributed by atoms with van der Waals surface area (Å²) in [6.07, 6.45) is 9.65. The minimum atomic E-state index is 0.529. The zero-order valence-electron chi connectivity index (χ0n) is 9.16. The van der Waals surface area contributed by atoms with Crippen LogP contribution in [0.15, 0.2) is 10.7 Å². The average Bonchev–Trinajstić information content (AvgIpc) is 2.31. The van der Waals surface area contributed by atoms with Gasteiger partial charge in [0.05, 0.1) is 17.8 Å². The van der Waals surface area contributed by atoms with E-state index in [1.165, 1.54) is 0 Å². The maximum Gasteiger partial charge on any atom is 0.232 e. The quantitative estimate of drug-likeness (QED) is 0.644. The van der Waals surface area contributed by atoms with Crippen LogP contribution in [-0.2, 0) is 0 Å². The van der Waals surface area contributed by atoms with Gasteiger partial charge in [0, 0.05) is 13.0 Å². The van der Waals surface area contributed by atoms with E-state index in [9.17, 15) is 0 Å². The van der Waals surface area contributed by atoms with E-state index in [1.807, 2.05) is 0 Å². The van der Waals surface area contributed by atoms with Crippen molar-refractivity contribution in [2.45, 2.75) is 19.3 Å². The third-order valence-corrected chi connectivity index (χ3v) is 2.48. The van der Waals surface area contributed by atoms with Gasteiger partial charge in [-0.3, -0.25) is 0 Å². The maximum atomic E-state index is 5.16. The summed E-state index contributed by atoms with van der Waals surface area (Å²) >= 11 is 3.29. The number of aromatic nitrogens is 2. The molecule has 1 rings (SSSR count). The molecular formula is C11H14BrN3O. The lowest BCUT2D eigenvalue weighted by Crippen LogP contribution is -2.06. The fourth-order valence-electron chi connectivity index (χ4n) is 1.13. The largest absolute Gasteiger partial charge is 0.480 e. The summed E-state index contributed by atoms with van der Waals surface area (Å²) in [7, 11) is 1.57. The number of hydrogen-bond donors (Lipinski definition) is 1. The molecule has 0 aliphatic rings. The molecule has 4 nitrogen and oxygen atoms in total. The Morgan fingerprint density at radius 3 is 3.06 bits per heavy atom. The van der Waals surface area contributed by atoms with Gasteiger partial charge in [-0.25, -0.2) is 4.98 Å². The fourth-order valence-corrected chi connectivity index (χ4v) is 1.48. The normalized spacial score (nSPS) is 9.56. The number of unbranched alkanes of at least 4 members (excludes halogenated alkanes) is 2. The van der Waals surface area contributed by atoms with Crippen molar-refractivity contribution < 1.29 is 4.74 Å². The first-order valence-corrected chi connectivity index (χ1v) is 5.81. The van der Waals surface area contributed by atoms with Gasteiger partial charge < -0.3 is 10.1 Å². The summed E-state index contributed by atoms with van der Waals surface area (Å²) in [5.74, 6) is 3.71. The number of terminal acetylenes is 1. The second-order valence-corrected chi connectivity index (χ2v) is 3.99. The van der Waals surface area contributed by atoms with Crippen molar-refractivity contribution in [1.29, 1.82) is 0 Å². The number of rotatable bonds is 6. The van der Waals surface area contributed by atoms with Crippen molar-refractivity contribution >= 4 is 21.9 Å². The van der Waals surface area contributed by atoms with E-state index < -0.39 is 0 Å². The van der Waals surface area contributed by atoms with Crippen LogP contribution >= 0.6 is 15.9 Å². The lowest BCUT2D eigenvalue weighted by atomic mass is 10.2. The molecule has 1 aromatic heterocycles. The third-order valence-electron chi connectivity index (χ3n) is 1.94. The Balaban J connectivity index is 2.40. The molecule has 0 aliphatic carbocycles. The summed E-state index contributed by atoms with van der Waals surface area (Å²) in [6, 6.07) is 0. The second kappa shape index (κ2) is 7.07. The van der Waals surface area contributed by atoms with E-state index in [4.69, 9.17) is 11.2 Å². The van der Waals surface area contributed by atoms with Crippen molar-refractivity contribution in [2.24, 2.45) is 0 Å². The zero-order chi connectivity index (χ0) is 11.8. The fraction of sp³-hybridized carbons (Fsp3) is 0.455. The SMILES string of the molecule is C#CCCCCNc1ncc(Br)c(OC)n1. The van der Waals surface area contributed by atoms with Crippen molar-refractivity contribution in [3.8, 4) is 18.2 Å². The van der Waals surface area contributed by atoms with Gasteiger partial charge in [-0.05, 0) is 28.8 Å². The molecule has 0 atom stereocenters. The smallest absolute Gasteiger partial charge is 0.232 e. The molecule has 0 saturated carbocycles. The Kier molecular flexibility index (Phi) is 5.65. The minimum absolute atomic E-state index is 0.529. The molecule has 1 N–H and O–H groups in total. The van der Waals surface area contributed by atoms with Crippen LogP contribution in [-0.4, -0.2) is 23.6 Å². The van der Waals surface area contributed by atoms with Crippen LogP contribution in [0, 0.1) is 12.3 Å². The van der Waals surface area contributed by atoms with Crippen molar-refractivity contribution in [3.63, 3.8) is 0 Å². The number of nitrogens with one attached hydrogen (secondary N) is 1. The Morgan fingerprint density at radius 2 is 2.38 bits per heavy atom. The molecule has 5 heteroatoms. The number of anilines is 1. The van der Waals surface area contributed by atoms with Gasteiger partial charge >= 0.3 is 0 Å². The molecule has 0 amide bonds. The first-order chi connectivity index (χ1) is 7.77. The molecular weight excluding hydrogens is 270 g/mol. The van der Waals surface area contributed by atoms with Crippen molar-refractivity contribution in [3.05, 3.63) is 10.7 Å². The highest BCUT2D eigenvalue weighted by Crippen LogP contribution is 2.21. The van der Waals surface area contributed by atoms with Gasteiger partial charge in [-0.2, -0.15) is 4.98 Å². The Morgan fingerprint density at radius 1 is 1.56 bits per heavy atom. The molecule has 0 saturated heterocycles. The van der Waals surface area contributed by atoms with Crippen LogP contribution in [0.4, 0.5) is 5.95 Å². The summed E-state index contributed by atoms with van der Waals surface area (Å²) in [4.78, 5) is 8.29. The van der Waals surface area contributed by atoms with Crippen LogP contribution in [0.1, 0.15) is 19.3 Å². The first kappa shape index (κ1) is 12.8. The number of methoxy groups -OCH3 is 1. The first-order valence-electron chi connectivity index (χ1n) is 5.01. The van der Waals surface area contributed by atoms with E-state index in [1.54, 1.807) is 13.3 Å². The van der Waals surface area contributed by atoms with Crippen LogP contribution in [0.3, 0.4) is 0 Å². The summed E-state index contributed by atoms with van der Waals surface area (Å²) in [5.41, 5.74) is 0. The second-order valence-electron chi connectivity index (χ2n) is 3.14. The van der Waals surface area contributed by atoms with E-state index in [0.29, 0.717) is 11.8 Å². The van der Waals surface area contributed by atoms with Crippen LogP contribution < -0.4 is 10.1 Å². The van der Waals surface area contributed by atoms with E-state index in [-0.39, 0.29) is 0 Å². The maximum absolute atomic E-state index is 5.16. The van der Waals surface area contributed by atoms with Crippen LogP contribution in [0.5, 0.6) is 5.88 Å². The molecule has 0 unspecified atom stereocenters. The standard InChI is InChI=1S/C11H14BrN3O/c1-3-4-5-6-7-13-11-14-8-9(12)10(15-11)16-2/h1,8H,4-7H2,2H3,(H,13,14,15). The summed E-state index contributed by atoms with van der Waals surface area (Å²) in [6.45, 7) is 0.812. The van der Waals surface area contributed by atoms with E-state index >= 15 is 0 Å². The molecule has 0 bridgehead atoms. The van der Waals surface area contributed by atoms with Crippen LogP contribution in [0.25, 0.3) is 0 Å². The highest BCUT2D eigenvalue weighted by atomic mass is 79.9. The summed E-state index contributed by atoms with van der Waals surface area (Å²) in [5, 5.41) is 3.11.